The first-order valence-electron chi connectivity index (χ1n) is 8.47. The number of likely N-dealkylation sites (tertiary alicyclic amines) is 1. The van der Waals surface area contributed by atoms with Gasteiger partial charge in [-0.05, 0) is 31.6 Å². The first-order valence-corrected chi connectivity index (χ1v) is 8.47. The molecule has 0 spiro atoms. The Balaban J connectivity index is 1.48. The molecule has 0 bridgehead atoms. The van der Waals surface area contributed by atoms with Crippen LogP contribution in [0.5, 0.6) is 0 Å². The van der Waals surface area contributed by atoms with Crippen molar-refractivity contribution in [3.05, 3.63) is 11.8 Å². The van der Waals surface area contributed by atoms with Gasteiger partial charge in [0.2, 0.25) is 17.7 Å². The maximum Gasteiger partial charge on any atom is 0.223 e. The average molecular weight is 307 g/mol. The molecule has 1 N–H and O–H groups in total. The van der Waals surface area contributed by atoms with Crippen molar-refractivity contribution in [3.63, 3.8) is 0 Å². The molecule has 1 atom stereocenters. The minimum Gasteiger partial charge on any atom is -0.425 e. The molecular weight excluding hydrogens is 282 g/mol. The summed E-state index contributed by atoms with van der Waals surface area (Å²) >= 11 is 0. The molecule has 2 aliphatic rings. The quantitative estimate of drug-likeness (QED) is 0.898. The molecule has 2 heterocycles. The van der Waals surface area contributed by atoms with Crippen molar-refractivity contribution in [2.75, 3.05) is 19.7 Å². The predicted octanol–water partition coefficient (Wildman–Crippen LogP) is 1.89. The number of aromatic nitrogens is 2. The van der Waals surface area contributed by atoms with E-state index in [0.717, 1.165) is 38.1 Å². The molecule has 1 amide bonds. The van der Waals surface area contributed by atoms with Crippen molar-refractivity contribution in [2.24, 2.45) is 5.92 Å². The second kappa shape index (κ2) is 7.22. The average Bonchev–Trinajstić information content (AvgIpc) is 3.23. The number of aryl methyl sites for hydroxylation is 1. The number of hydrogen-bond acceptors (Lipinski definition) is 5. The van der Waals surface area contributed by atoms with E-state index in [2.05, 4.69) is 10.2 Å². The molecular formula is C16H25N3O3. The molecule has 3 rings (SSSR count). The molecule has 1 saturated carbocycles. The van der Waals surface area contributed by atoms with Gasteiger partial charge < -0.3 is 14.4 Å². The molecule has 0 radical (unpaired) electrons. The van der Waals surface area contributed by atoms with Crippen molar-refractivity contribution < 1.29 is 14.3 Å². The van der Waals surface area contributed by atoms with E-state index in [1.54, 1.807) is 0 Å². The van der Waals surface area contributed by atoms with Gasteiger partial charge in [0, 0.05) is 38.5 Å². The Labute approximate surface area is 130 Å². The smallest absolute Gasteiger partial charge is 0.223 e. The van der Waals surface area contributed by atoms with Crippen LogP contribution < -0.4 is 0 Å². The van der Waals surface area contributed by atoms with E-state index in [0.29, 0.717) is 31.2 Å². The number of carbonyl (C=O) groups is 1. The number of carbonyl (C=O) groups excluding carboxylic acids is 1. The van der Waals surface area contributed by atoms with Gasteiger partial charge in [-0.1, -0.05) is 12.8 Å². The van der Waals surface area contributed by atoms with Crippen LogP contribution in [0, 0.1) is 5.92 Å². The Morgan fingerprint density at radius 3 is 2.82 bits per heavy atom. The monoisotopic (exact) mass is 307 g/mol. The number of nitrogens with zero attached hydrogens (tertiary/aromatic N) is 3. The van der Waals surface area contributed by atoms with Gasteiger partial charge in [0.1, 0.15) is 0 Å². The molecule has 2 fully saturated rings. The highest BCUT2D eigenvalue weighted by molar-refractivity contribution is 5.76. The van der Waals surface area contributed by atoms with E-state index < -0.39 is 0 Å². The second-order valence-corrected chi connectivity index (χ2v) is 6.55. The van der Waals surface area contributed by atoms with Gasteiger partial charge in [0.15, 0.2) is 0 Å². The summed E-state index contributed by atoms with van der Waals surface area (Å²) in [5.74, 6) is 2.10. The standard InChI is InChI=1S/C16H25N3O3/c20-11-12-4-3-9-19(10-12)15(21)8-7-14-17-18-16(22-14)13-5-1-2-6-13/h12-13,20H,1-11H2. The number of hydrogen-bond donors (Lipinski definition) is 1. The van der Waals surface area contributed by atoms with Crippen molar-refractivity contribution in [3.8, 4) is 0 Å². The van der Waals surface area contributed by atoms with E-state index in [4.69, 9.17) is 4.42 Å². The maximum atomic E-state index is 12.3. The Kier molecular flexibility index (Phi) is 5.08. The van der Waals surface area contributed by atoms with E-state index in [1.165, 1.54) is 12.8 Å². The van der Waals surface area contributed by atoms with Gasteiger partial charge in [-0.15, -0.1) is 10.2 Å². The van der Waals surface area contributed by atoms with Gasteiger partial charge in [0.25, 0.3) is 0 Å². The Bertz CT molecular complexity index is 497. The minimum atomic E-state index is 0.124. The van der Waals surface area contributed by atoms with Crippen LogP contribution in [0.3, 0.4) is 0 Å². The van der Waals surface area contributed by atoms with E-state index in [-0.39, 0.29) is 18.4 Å². The highest BCUT2D eigenvalue weighted by atomic mass is 16.4. The number of piperidine rings is 1. The molecule has 1 aromatic rings. The number of rotatable bonds is 5. The predicted molar refractivity (Wildman–Crippen MR) is 80.2 cm³/mol. The van der Waals surface area contributed by atoms with Gasteiger partial charge in [-0.25, -0.2) is 0 Å². The molecule has 22 heavy (non-hydrogen) atoms. The summed E-state index contributed by atoms with van der Waals surface area (Å²) in [6.07, 6.45) is 7.65. The molecule has 1 aliphatic heterocycles. The lowest BCUT2D eigenvalue weighted by Crippen LogP contribution is -2.41. The Morgan fingerprint density at radius 2 is 2.05 bits per heavy atom. The molecule has 1 aliphatic carbocycles. The SMILES string of the molecule is O=C(CCc1nnc(C2CCCC2)o1)N1CCCC(CO)C1. The van der Waals surface area contributed by atoms with Crippen molar-refractivity contribution >= 4 is 5.91 Å². The van der Waals surface area contributed by atoms with Gasteiger partial charge >= 0.3 is 0 Å². The summed E-state index contributed by atoms with van der Waals surface area (Å²) in [6.45, 7) is 1.64. The number of aliphatic hydroxyl groups excluding tert-OH is 1. The summed E-state index contributed by atoms with van der Waals surface area (Å²) in [7, 11) is 0. The first kappa shape index (κ1) is 15.5. The van der Waals surface area contributed by atoms with Crippen molar-refractivity contribution in [1.29, 1.82) is 0 Å². The van der Waals surface area contributed by atoms with Crippen LogP contribution in [0.2, 0.25) is 0 Å². The number of aliphatic hydroxyl groups is 1. The molecule has 6 nitrogen and oxygen atoms in total. The Morgan fingerprint density at radius 1 is 1.23 bits per heavy atom. The third-order valence-corrected chi connectivity index (χ3v) is 4.87. The molecule has 122 valence electrons. The highest BCUT2D eigenvalue weighted by Crippen LogP contribution is 2.33. The maximum absolute atomic E-state index is 12.3. The summed E-state index contributed by atoms with van der Waals surface area (Å²) in [5.41, 5.74) is 0. The second-order valence-electron chi connectivity index (χ2n) is 6.55. The number of amides is 1. The molecule has 6 heteroatoms. The summed E-state index contributed by atoms with van der Waals surface area (Å²) in [4.78, 5) is 14.1. The largest absolute Gasteiger partial charge is 0.425 e. The lowest BCUT2D eigenvalue weighted by Gasteiger charge is -2.31. The molecule has 1 aromatic heterocycles. The van der Waals surface area contributed by atoms with Crippen LogP contribution in [-0.2, 0) is 11.2 Å². The van der Waals surface area contributed by atoms with Crippen molar-refractivity contribution in [2.45, 2.75) is 57.3 Å². The zero-order valence-electron chi connectivity index (χ0n) is 13.0. The molecule has 0 aromatic carbocycles. The zero-order valence-corrected chi connectivity index (χ0v) is 13.0. The summed E-state index contributed by atoms with van der Waals surface area (Å²) in [5, 5.41) is 17.5. The Hall–Kier alpha value is -1.43. The van der Waals surface area contributed by atoms with Crippen molar-refractivity contribution in [1.82, 2.24) is 15.1 Å². The highest BCUT2D eigenvalue weighted by Gasteiger charge is 2.25. The fourth-order valence-corrected chi connectivity index (χ4v) is 3.52. The van der Waals surface area contributed by atoms with E-state index in [9.17, 15) is 9.90 Å². The van der Waals surface area contributed by atoms with Gasteiger partial charge in [0.05, 0.1) is 0 Å². The van der Waals surface area contributed by atoms with Gasteiger partial charge in [-0.3, -0.25) is 4.79 Å². The van der Waals surface area contributed by atoms with Crippen LogP contribution in [-0.4, -0.2) is 45.8 Å². The minimum absolute atomic E-state index is 0.124. The van der Waals surface area contributed by atoms with Crippen LogP contribution in [0.1, 0.15) is 62.6 Å². The third kappa shape index (κ3) is 3.66. The fourth-order valence-electron chi connectivity index (χ4n) is 3.52. The summed E-state index contributed by atoms with van der Waals surface area (Å²) < 4.78 is 5.71. The van der Waals surface area contributed by atoms with E-state index in [1.807, 2.05) is 4.90 Å². The fraction of sp³-hybridized carbons (Fsp3) is 0.812. The zero-order chi connectivity index (χ0) is 15.4. The molecule has 1 saturated heterocycles. The summed E-state index contributed by atoms with van der Waals surface area (Å²) in [6, 6.07) is 0. The van der Waals surface area contributed by atoms with E-state index >= 15 is 0 Å². The molecule has 1 unspecified atom stereocenters. The van der Waals surface area contributed by atoms with Gasteiger partial charge in [-0.2, -0.15) is 0 Å². The van der Waals surface area contributed by atoms with Crippen LogP contribution in [0.15, 0.2) is 4.42 Å². The third-order valence-electron chi connectivity index (χ3n) is 4.87. The lowest BCUT2D eigenvalue weighted by atomic mass is 9.99. The van der Waals surface area contributed by atoms with Crippen LogP contribution >= 0.6 is 0 Å². The topological polar surface area (TPSA) is 79.5 Å². The first-order chi connectivity index (χ1) is 10.8. The van der Waals surface area contributed by atoms with Crippen LogP contribution in [0.4, 0.5) is 0 Å². The van der Waals surface area contributed by atoms with Crippen LogP contribution in [0.25, 0.3) is 0 Å². The lowest BCUT2D eigenvalue weighted by molar-refractivity contribution is -0.133. The normalized spacial score (nSPS) is 23.1.